The van der Waals surface area contributed by atoms with Crippen molar-refractivity contribution in [2.24, 2.45) is 0 Å². The van der Waals surface area contributed by atoms with E-state index in [1.165, 1.54) is 16.7 Å². The van der Waals surface area contributed by atoms with Crippen LogP contribution in [0.3, 0.4) is 0 Å². The van der Waals surface area contributed by atoms with Crippen LogP contribution in [0.4, 0.5) is 0 Å². The Kier molecular flexibility index (Phi) is 7.88. The van der Waals surface area contributed by atoms with Crippen LogP contribution < -0.4 is 5.62 Å². The number of carbonyl (C=O) groups is 1. The van der Waals surface area contributed by atoms with Gasteiger partial charge < -0.3 is 9.67 Å². The number of benzene rings is 3. The molecule has 0 saturated carbocycles. The molecule has 0 aliphatic heterocycles. The van der Waals surface area contributed by atoms with Crippen molar-refractivity contribution in [1.29, 1.82) is 5.41 Å². The molecule has 0 spiro atoms. The fraction of sp³-hybridized carbons (Fsp3) is 0.310. The summed E-state index contributed by atoms with van der Waals surface area (Å²) in [5, 5.41) is 19.8. The average Bonchev–Trinajstić information content (AvgIpc) is 3.10. The zero-order valence-corrected chi connectivity index (χ0v) is 25.0. The molecule has 1 heterocycles. The van der Waals surface area contributed by atoms with Crippen LogP contribution in [-0.4, -0.2) is 27.8 Å². The summed E-state index contributed by atoms with van der Waals surface area (Å²) in [4.78, 5) is 13.7. The van der Waals surface area contributed by atoms with Crippen molar-refractivity contribution in [3.8, 4) is 5.75 Å². The van der Waals surface area contributed by atoms with Gasteiger partial charge in [0.25, 0.3) is 10.0 Å². The fourth-order valence-electron chi connectivity index (χ4n) is 4.48. The van der Waals surface area contributed by atoms with Gasteiger partial charge in [-0.05, 0) is 47.2 Å². The van der Waals surface area contributed by atoms with Gasteiger partial charge in [0.15, 0.2) is 5.78 Å². The number of hydrogen-bond acceptors (Lipinski definition) is 5. The van der Waals surface area contributed by atoms with Crippen LogP contribution in [-0.2, 0) is 27.4 Å². The largest absolute Gasteiger partial charge is 0.507 e. The number of nitrogens with one attached hydrogen (secondary N) is 1. The Morgan fingerprint density at radius 3 is 1.82 bits per heavy atom. The normalized spacial score (nSPS) is 12.4. The van der Waals surface area contributed by atoms with Gasteiger partial charge in [-0.2, -0.15) is 0 Å². The number of carbonyl (C=O) groups excluding carboxylic acids is 1. The number of Topliss-reactive ketones (excluding diaryl/α,β-unsaturated/α-hetero) is 1. The van der Waals surface area contributed by atoms with Crippen molar-refractivity contribution in [2.45, 2.75) is 63.8 Å². The monoisotopic (exact) mass is 599 g/mol. The van der Waals surface area contributed by atoms with E-state index < -0.39 is 20.9 Å². The standard InChI is InChI=1S/C29H33N3O4S.BrH/c1-28(2,3)21-16-19(17-22(26(21)34)29(4,5)6)25(33)18-31-23-14-10-11-15-24(23)32(27(31)30)37(35,36)20-12-8-7-9-13-20;/h7-17,30,34H,18H2,1-6H3;1H. The highest BCUT2D eigenvalue weighted by atomic mass is 79.9. The zero-order chi connectivity index (χ0) is 27.3. The lowest BCUT2D eigenvalue weighted by Crippen LogP contribution is -2.31. The van der Waals surface area contributed by atoms with Crippen molar-refractivity contribution in [3.63, 3.8) is 0 Å². The molecule has 0 radical (unpaired) electrons. The molecule has 0 atom stereocenters. The van der Waals surface area contributed by atoms with Crippen LogP contribution >= 0.6 is 17.0 Å². The molecule has 4 aromatic rings. The number of para-hydroxylation sites is 2. The van der Waals surface area contributed by atoms with Gasteiger partial charge in [0.2, 0.25) is 5.62 Å². The minimum absolute atomic E-state index is 0. The molecule has 1 aromatic heterocycles. The first-order valence-corrected chi connectivity index (χ1v) is 13.5. The summed E-state index contributed by atoms with van der Waals surface area (Å²) < 4.78 is 29.4. The van der Waals surface area contributed by atoms with E-state index in [1.807, 2.05) is 41.5 Å². The lowest BCUT2D eigenvalue weighted by atomic mass is 9.78. The number of nitrogens with zero attached hydrogens (tertiary/aromatic N) is 2. The topological polar surface area (TPSA) is 105 Å². The number of imidazole rings is 1. The SMILES string of the molecule is Br.CC(C)(C)c1cc(C(=O)Cn2c(=N)n(S(=O)(=O)c3ccccc3)c3ccccc32)cc(C(C)(C)C)c1O. The molecule has 0 unspecified atom stereocenters. The quantitative estimate of drug-likeness (QED) is 0.278. The summed E-state index contributed by atoms with van der Waals surface area (Å²) in [7, 11) is -4.07. The van der Waals surface area contributed by atoms with Gasteiger partial charge in [-0.1, -0.05) is 71.9 Å². The summed E-state index contributed by atoms with van der Waals surface area (Å²) in [5.41, 5.74) is 1.38. The van der Waals surface area contributed by atoms with Gasteiger partial charge >= 0.3 is 0 Å². The molecule has 0 amide bonds. The van der Waals surface area contributed by atoms with Gasteiger partial charge in [-0.3, -0.25) is 10.2 Å². The summed E-state index contributed by atoms with van der Waals surface area (Å²) in [5.74, 6) is -0.106. The maximum Gasteiger partial charge on any atom is 0.271 e. The number of ketones is 1. The van der Waals surface area contributed by atoms with E-state index in [-0.39, 0.29) is 45.6 Å². The number of hydrogen-bond donors (Lipinski definition) is 2. The third kappa shape index (κ3) is 5.22. The summed E-state index contributed by atoms with van der Waals surface area (Å²) in [6, 6.07) is 18.1. The Balaban J connectivity index is 0.00000400. The maximum absolute atomic E-state index is 13.7. The second kappa shape index (κ2) is 10.2. The molecule has 0 bridgehead atoms. The second-order valence-corrected chi connectivity index (χ2v) is 13.1. The molecule has 0 aliphatic rings. The van der Waals surface area contributed by atoms with Gasteiger partial charge in [0.05, 0.1) is 22.5 Å². The Morgan fingerprint density at radius 1 is 0.842 bits per heavy atom. The van der Waals surface area contributed by atoms with Crippen LogP contribution in [0.25, 0.3) is 11.0 Å². The van der Waals surface area contributed by atoms with Crippen LogP contribution in [0.2, 0.25) is 0 Å². The van der Waals surface area contributed by atoms with Crippen LogP contribution in [0.1, 0.15) is 63.0 Å². The van der Waals surface area contributed by atoms with Crippen LogP contribution in [0.5, 0.6) is 5.75 Å². The third-order valence-electron chi connectivity index (χ3n) is 6.47. The van der Waals surface area contributed by atoms with Crippen molar-refractivity contribution < 1.29 is 18.3 Å². The average molecular weight is 601 g/mol. The van der Waals surface area contributed by atoms with E-state index in [2.05, 4.69) is 0 Å². The second-order valence-electron chi connectivity index (χ2n) is 11.3. The lowest BCUT2D eigenvalue weighted by Gasteiger charge is -2.28. The Bertz CT molecular complexity index is 1640. The highest BCUT2D eigenvalue weighted by molar-refractivity contribution is 8.93. The van der Waals surface area contributed by atoms with E-state index >= 15 is 0 Å². The van der Waals surface area contributed by atoms with Crippen LogP contribution in [0, 0.1) is 5.41 Å². The smallest absolute Gasteiger partial charge is 0.271 e. The highest BCUT2D eigenvalue weighted by Crippen LogP contribution is 2.40. The molecule has 38 heavy (non-hydrogen) atoms. The van der Waals surface area contributed by atoms with Crippen molar-refractivity contribution >= 4 is 43.8 Å². The van der Waals surface area contributed by atoms with Gasteiger partial charge in [0.1, 0.15) is 5.75 Å². The molecule has 202 valence electrons. The fourth-order valence-corrected chi connectivity index (χ4v) is 5.93. The van der Waals surface area contributed by atoms with E-state index in [9.17, 15) is 18.3 Å². The number of phenols is 1. The lowest BCUT2D eigenvalue weighted by molar-refractivity contribution is 0.0971. The molecule has 7 nitrogen and oxygen atoms in total. The number of aromatic nitrogens is 2. The van der Waals surface area contributed by atoms with Gasteiger partial charge in [-0.25, -0.2) is 12.4 Å². The van der Waals surface area contributed by atoms with Crippen molar-refractivity contribution in [3.05, 3.63) is 89.0 Å². The molecular formula is C29H34BrN3O4S. The minimum Gasteiger partial charge on any atom is -0.507 e. The molecule has 0 saturated heterocycles. The summed E-state index contributed by atoms with van der Waals surface area (Å²) in [6.45, 7) is 11.6. The molecule has 4 rings (SSSR count). The minimum atomic E-state index is -4.07. The Labute approximate surface area is 234 Å². The van der Waals surface area contributed by atoms with E-state index in [1.54, 1.807) is 54.6 Å². The molecule has 3 aromatic carbocycles. The molecule has 2 N–H and O–H groups in total. The zero-order valence-electron chi connectivity index (χ0n) is 22.4. The number of aromatic hydroxyl groups is 1. The number of halogens is 1. The first kappa shape index (κ1) is 29.4. The molecule has 0 aliphatic carbocycles. The van der Waals surface area contributed by atoms with E-state index in [0.717, 1.165) is 3.97 Å². The van der Waals surface area contributed by atoms with Gasteiger partial charge in [0, 0.05) is 16.7 Å². The van der Waals surface area contributed by atoms with E-state index in [4.69, 9.17) is 5.41 Å². The molecule has 9 heteroatoms. The first-order valence-electron chi connectivity index (χ1n) is 12.1. The van der Waals surface area contributed by atoms with E-state index in [0.29, 0.717) is 27.7 Å². The van der Waals surface area contributed by atoms with Gasteiger partial charge in [-0.15, -0.1) is 17.0 Å². The number of fused-ring (bicyclic) bond motifs is 1. The highest BCUT2D eigenvalue weighted by Gasteiger charge is 2.29. The third-order valence-corrected chi connectivity index (χ3v) is 8.19. The molecular weight excluding hydrogens is 566 g/mol. The Hall–Kier alpha value is -3.17. The van der Waals surface area contributed by atoms with Crippen LogP contribution in [0.15, 0.2) is 71.6 Å². The summed E-state index contributed by atoms with van der Waals surface area (Å²) in [6.07, 6.45) is 0. The first-order chi connectivity index (χ1) is 17.1. The predicted molar refractivity (Wildman–Crippen MR) is 155 cm³/mol. The predicted octanol–water partition coefficient (Wildman–Crippen LogP) is 5.92. The Morgan fingerprint density at radius 2 is 1.32 bits per heavy atom. The molecule has 0 fully saturated rings. The van der Waals surface area contributed by atoms with Crippen molar-refractivity contribution in [2.75, 3.05) is 0 Å². The number of phenolic OH excluding ortho intramolecular Hbond substituents is 1. The maximum atomic E-state index is 13.7. The summed E-state index contributed by atoms with van der Waals surface area (Å²) >= 11 is 0. The number of rotatable bonds is 5. The van der Waals surface area contributed by atoms with Crippen molar-refractivity contribution in [1.82, 2.24) is 8.54 Å².